The van der Waals surface area contributed by atoms with Crippen LogP contribution in [0, 0.1) is 0 Å². The number of hydrogen-bond donors (Lipinski definition) is 0. The lowest BCUT2D eigenvalue weighted by Crippen LogP contribution is -2.36. The summed E-state index contributed by atoms with van der Waals surface area (Å²) in [4.78, 5) is 34.6. The van der Waals surface area contributed by atoms with Gasteiger partial charge in [-0.1, -0.05) is 0 Å². The normalized spacial score (nSPS) is 16.1. The molecular formula is C15H16O5. The smallest absolute Gasteiger partial charge is 0.303 e. The van der Waals surface area contributed by atoms with E-state index in [1.807, 2.05) is 13.8 Å². The van der Waals surface area contributed by atoms with E-state index in [9.17, 15) is 14.4 Å². The fourth-order valence-corrected chi connectivity index (χ4v) is 2.08. The summed E-state index contributed by atoms with van der Waals surface area (Å²) in [5.74, 6) is -0.438. The lowest BCUT2D eigenvalue weighted by atomic mass is 9.92. The van der Waals surface area contributed by atoms with Gasteiger partial charge in [0, 0.05) is 12.5 Å². The second kappa shape index (κ2) is 5.07. The Balaban J connectivity index is 2.24. The predicted molar refractivity (Wildman–Crippen MR) is 71.1 cm³/mol. The van der Waals surface area contributed by atoms with E-state index in [2.05, 4.69) is 4.74 Å². The molecule has 2 rings (SSSR count). The van der Waals surface area contributed by atoms with Crippen molar-refractivity contribution in [3.8, 4) is 5.75 Å². The first-order chi connectivity index (χ1) is 9.28. The zero-order valence-corrected chi connectivity index (χ0v) is 11.7. The number of carbonyl (C=O) groups is 3. The van der Waals surface area contributed by atoms with Crippen LogP contribution in [0.5, 0.6) is 5.75 Å². The fraction of sp³-hybridized carbons (Fsp3) is 0.400. The third kappa shape index (κ3) is 3.04. The van der Waals surface area contributed by atoms with Gasteiger partial charge >= 0.3 is 5.97 Å². The Morgan fingerprint density at radius 3 is 2.70 bits per heavy atom. The van der Waals surface area contributed by atoms with Crippen molar-refractivity contribution in [2.75, 3.05) is 6.61 Å². The maximum Gasteiger partial charge on any atom is 0.303 e. The Hall–Kier alpha value is -2.17. The first kappa shape index (κ1) is 14.2. The van der Waals surface area contributed by atoms with Crippen LogP contribution in [-0.2, 0) is 9.53 Å². The molecule has 0 bridgehead atoms. The van der Waals surface area contributed by atoms with Crippen LogP contribution in [0.25, 0.3) is 0 Å². The highest BCUT2D eigenvalue weighted by Gasteiger charge is 2.32. The van der Waals surface area contributed by atoms with Gasteiger partial charge in [0.05, 0.1) is 12.0 Å². The Labute approximate surface area is 116 Å². The van der Waals surface area contributed by atoms with Gasteiger partial charge in [0.15, 0.2) is 18.2 Å². The molecule has 20 heavy (non-hydrogen) atoms. The average molecular weight is 276 g/mol. The van der Waals surface area contributed by atoms with Gasteiger partial charge in [-0.3, -0.25) is 14.4 Å². The van der Waals surface area contributed by atoms with Gasteiger partial charge in [-0.2, -0.15) is 0 Å². The minimum Gasteiger partial charge on any atom is -0.487 e. The highest BCUT2D eigenvalue weighted by Crippen LogP contribution is 2.33. The summed E-state index contributed by atoms with van der Waals surface area (Å²) in [6.45, 7) is 4.59. The van der Waals surface area contributed by atoms with Crippen molar-refractivity contribution < 1.29 is 23.9 Å². The Bertz CT molecular complexity index is 586. The molecule has 5 heteroatoms. The fourth-order valence-electron chi connectivity index (χ4n) is 2.08. The molecule has 0 saturated carbocycles. The van der Waals surface area contributed by atoms with Gasteiger partial charge in [0.2, 0.25) is 0 Å². The Morgan fingerprint density at radius 2 is 2.05 bits per heavy atom. The second-order valence-corrected chi connectivity index (χ2v) is 5.38. The van der Waals surface area contributed by atoms with Crippen molar-refractivity contribution in [3.05, 3.63) is 29.3 Å². The van der Waals surface area contributed by atoms with Gasteiger partial charge in [-0.15, -0.1) is 0 Å². The van der Waals surface area contributed by atoms with Crippen LogP contribution in [-0.4, -0.2) is 29.7 Å². The van der Waals surface area contributed by atoms with Gasteiger partial charge in [-0.25, -0.2) is 0 Å². The first-order valence-corrected chi connectivity index (χ1v) is 6.31. The van der Waals surface area contributed by atoms with E-state index in [4.69, 9.17) is 4.74 Å². The number of hydrogen-bond acceptors (Lipinski definition) is 5. The van der Waals surface area contributed by atoms with Crippen LogP contribution in [0.4, 0.5) is 0 Å². The lowest BCUT2D eigenvalue weighted by Gasteiger charge is -2.31. The highest BCUT2D eigenvalue weighted by molar-refractivity contribution is 6.04. The van der Waals surface area contributed by atoms with Crippen LogP contribution in [0.1, 0.15) is 47.9 Å². The van der Waals surface area contributed by atoms with Crippen molar-refractivity contribution >= 4 is 17.5 Å². The maximum atomic E-state index is 12.1. The summed E-state index contributed by atoms with van der Waals surface area (Å²) >= 11 is 0. The average Bonchev–Trinajstić information content (AvgIpc) is 2.34. The Morgan fingerprint density at radius 1 is 1.35 bits per heavy atom. The van der Waals surface area contributed by atoms with E-state index in [0.717, 1.165) is 0 Å². The van der Waals surface area contributed by atoms with E-state index in [-0.39, 0.29) is 24.6 Å². The van der Waals surface area contributed by atoms with Gasteiger partial charge in [0.1, 0.15) is 11.4 Å². The van der Waals surface area contributed by atoms with Crippen LogP contribution >= 0.6 is 0 Å². The lowest BCUT2D eigenvalue weighted by molar-refractivity contribution is -0.139. The highest BCUT2D eigenvalue weighted by atomic mass is 16.5. The van der Waals surface area contributed by atoms with Gasteiger partial charge in [0.25, 0.3) is 0 Å². The molecule has 5 nitrogen and oxygen atoms in total. The minimum atomic E-state index is -0.534. The number of carbonyl (C=O) groups excluding carboxylic acids is 3. The monoisotopic (exact) mass is 276 g/mol. The molecule has 0 spiro atoms. The Kier molecular flexibility index (Phi) is 3.61. The van der Waals surface area contributed by atoms with Crippen LogP contribution in [0.15, 0.2) is 18.2 Å². The van der Waals surface area contributed by atoms with E-state index in [1.165, 1.54) is 13.0 Å². The minimum absolute atomic E-state index is 0.0570. The van der Waals surface area contributed by atoms with E-state index in [0.29, 0.717) is 16.9 Å². The van der Waals surface area contributed by atoms with Crippen molar-refractivity contribution in [1.82, 2.24) is 0 Å². The number of fused-ring (bicyclic) bond motifs is 1. The van der Waals surface area contributed by atoms with E-state index >= 15 is 0 Å². The molecule has 0 aliphatic carbocycles. The number of esters is 1. The van der Waals surface area contributed by atoms with E-state index in [1.54, 1.807) is 12.1 Å². The third-order valence-electron chi connectivity index (χ3n) is 2.98. The third-order valence-corrected chi connectivity index (χ3v) is 2.98. The standard InChI is InChI=1S/C15H16O5/c1-9(16)19-8-13(18)10-4-5-14-11(6-10)12(17)7-15(2,3)20-14/h4-6H,7-8H2,1-3H3. The summed E-state index contributed by atoms with van der Waals surface area (Å²) in [6.07, 6.45) is 0.265. The summed E-state index contributed by atoms with van der Waals surface area (Å²) in [5, 5.41) is 0. The molecule has 0 amide bonds. The molecule has 1 aromatic rings. The van der Waals surface area contributed by atoms with Crippen LogP contribution in [0.2, 0.25) is 0 Å². The molecular weight excluding hydrogens is 260 g/mol. The van der Waals surface area contributed by atoms with Crippen molar-refractivity contribution in [1.29, 1.82) is 0 Å². The zero-order valence-electron chi connectivity index (χ0n) is 11.7. The second-order valence-electron chi connectivity index (χ2n) is 5.38. The van der Waals surface area contributed by atoms with Crippen LogP contribution < -0.4 is 4.74 Å². The summed E-state index contributed by atoms with van der Waals surface area (Å²) in [6, 6.07) is 4.67. The number of ether oxygens (including phenoxy) is 2. The van der Waals surface area contributed by atoms with E-state index < -0.39 is 11.6 Å². The predicted octanol–water partition coefficient (Wildman–Crippen LogP) is 2.18. The number of rotatable bonds is 3. The van der Waals surface area contributed by atoms with Crippen molar-refractivity contribution in [3.63, 3.8) is 0 Å². The first-order valence-electron chi connectivity index (χ1n) is 6.31. The molecule has 0 unspecified atom stereocenters. The van der Waals surface area contributed by atoms with Gasteiger partial charge < -0.3 is 9.47 Å². The van der Waals surface area contributed by atoms with Gasteiger partial charge in [-0.05, 0) is 32.0 Å². The maximum absolute atomic E-state index is 12.1. The molecule has 1 aliphatic rings. The molecule has 1 heterocycles. The van der Waals surface area contributed by atoms with Crippen molar-refractivity contribution in [2.24, 2.45) is 0 Å². The molecule has 106 valence electrons. The molecule has 0 radical (unpaired) electrons. The topological polar surface area (TPSA) is 69.7 Å². The largest absolute Gasteiger partial charge is 0.487 e. The summed E-state index contributed by atoms with van der Waals surface area (Å²) in [5.41, 5.74) is 0.201. The SMILES string of the molecule is CC(=O)OCC(=O)c1ccc2c(c1)C(=O)CC(C)(C)O2. The number of Topliss-reactive ketones (excluding diaryl/α,β-unsaturated/α-hetero) is 2. The summed E-state index contributed by atoms with van der Waals surface area (Å²) in [7, 11) is 0. The molecule has 0 fully saturated rings. The zero-order chi connectivity index (χ0) is 14.9. The number of ketones is 2. The molecule has 0 saturated heterocycles. The van der Waals surface area contributed by atoms with Crippen molar-refractivity contribution in [2.45, 2.75) is 32.8 Å². The molecule has 1 aliphatic heterocycles. The molecule has 0 atom stereocenters. The van der Waals surface area contributed by atoms with Crippen LogP contribution in [0.3, 0.4) is 0 Å². The molecule has 0 N–H and O–H groups in total. The quantitative estimate of drug-likeness (QED) is 0.625. The number of benzene rings is 1. The summed E-state index contributed by atoms with van der Waals surface area (Å²) < 4.78 is 10.4. The molecule has 0 aromatic heterocycles. The molecule has 1 aromatic carbocycles.